The van der Waals surface area contributed by atoms with Gasteiger partial charge in [0.15, 0.2) is 0 Å². The zero-order valence-electron chi connectivity index (χ0n) is 11.1. The second-order valence-electron chi connectivity index (χ2n) is 5.10. The molecule has 1 saturated heterocycles. The van der Waals surface area contributed by atoms with Crippen LogP contribution >= 0.6 is 0 Å². The summed E-state index contributed by atoms with van der Waals surface area (Å²) in [6.07, 6.45) is 4.75. The fraction of sp³-hybridized carbons (Fsp3) is 0.600. The molecule has 1 aliphatic rings. The van der Waals surface area contributed by atoms with Crippen LogP contribution in [0.25, 0.3) is 0 Å². The predicted octanol–water partition coefficient (Wildman–Crippen LogP) is 3.09. The molecule has 2 nitrogen and oxygen atoms in total. The summed E-state index contributed by atoms with van der Waals surface area (Å²) in [6.45, 7) is 4.02. The molecule has 18 heavy (non-hydrogen) atoms. The van der Waals surface area contributed by atoms with Crippen molar-refractivity contribution in [3.8, 4) is 0 Å². The molecule has 0 radical (unpaired) electrons. The van der Waals surface area contributed by atoms with Crippen LogP contribution in [0.3, 0.4) is 0 Å². The minimum Gasteiger partial charge on any atom is -0.329 e. The lowest BCUT2D eigenvalue weighted by atomic mass is 9.95. The first kappa shape index (κ1) is 13.5. The lowest BCUT2D eigenvalue weighted by Crippen LogP contribution is -2.45. The summed E-state index contributed by atoms with van der Waals surface area (Å²) in [7, 11) is 0. The molecular formula is C15H23FN2. The van der Waals surface area contributed by atoms with E-state index in [1.54, 1.807) is 12.1 Å². The van der Waals surface area contributed by atoms with Crippen molar-refractivity contribution < 1.29 is 4.39 Å². The van der Waals surface area contributed by atoms with E-state index in [1.807, 2.05) is 12.1 Å². The number of halogens is 1. The summed E-state index contributed by atoms with van der Waals surface area (Å²) in [6, 6.07) is 7.78. The molecule has 2 N–H and O–H groups in total. The zero-order chi connectivity index (χ0) is 13.0. The molecule has 1 fully saturated rings. The number of nitrogens with two attached hydrogens (primary N) is 1. The molecule has 0 amide bonds. The van der Waals surface area contributed by atoms with E-state index in [1.165, 1.54) is 24.8 Å². The highest BCUT2D eigenvalue weighted by Crippen LogP contribution is 2.30. The second kappa shape index (κ2) is 6.30. The molecule has 3 heteroatoms. The molecule has 1 aliphatic heterocycles. The van der Waals surface area contributed by atoms with Gasteiger partial charge < -0.3 is 5.73 Å². The molecule has 1 heterocycles. The fourth-order valence-electron chi connectivity index (χ4n) is 3.03. The Labute approximate surface area is 109 Å². The minimum absolute atomic E-state index is 0.164. The van der Waals surface area contributed by atoms with Crippen molar-refractivity contribution in [2.75, 3.05) is 13.1 Å². The molecule has 0 spiro atoms. The normalized spacial score (nSPS) is 22.9. The predicted molar refractivity (Wildman–Crippen MR) is 72.8 cm³/mol. The Morgan fingerprint density at radius 3 is 2.67 bits per heavy atom. The quantitative estimate of drug-likeness (QED) is 0.889. The number of likely N-dealkylation sites (tertiary alicyclic amines) is 1. The third-order valence-electron chi connectivity index (χ3n) is 3.99. The van der Waals surface area contributed by atoms with Crippen molar-refractivity contribution in [1.29, 1.82) is 0 Å². The van der Waals surface area contributed by atoms with Crippen molar-refractivity contribution in [3.05, 3.63) is 35.6 Å². The van der Waals surface area contributed by atoms with E-state index in [9.17, 15) is 4.39 Å². The van der Waals surface area contributed by atoms with Crippen LogP contribution in [0.1, 0.15) is 44.2 Å². The van der Waals surface area contributed by atoms with Crippen LogP contribution in [0.5, 0.6) is 0 Å². The fourth-order valence-corrected chi connectivity index (χ4v) is 3.03. The third kappa shape index (κ3) is 2.90. The summed E-state index contributed by atoms with van der Waals surface area (Å²) in [5, 5.41) is 0. The summed E-state index contributed by atoms with van der Waals surface area (Å²) >= 11 is 0. The van der Waals surface area contributed by atoms with Crippen LogP contribution < -0.4 is 5.73 Å². The standard InChI is InChI=1S/C15H23FN2/c1-2-15(12-6-8-13(16)9-7-12)18-10-4-3-5-14(18)11-17/h6-9,14-15H,2-5,10-11,17H2,1H3. The SMILES string of the molecule is CCC(c1ccc(F)cc1)N1CCCCC1CN. The summed E-state index contributed by atoms with van der Waals surface area (Å²) in [4.78, 5) is 2.51. The summed E-state index contributed by atoms with van der Waals surface area (Å²) in [5.41, 5.74) is 7.09. The molecule has 2 unspecified atom stereocenters. The van der Waals surface area contributed by atoms with Crippen molar-refractivity contribution in [2.24, 2.45) is 5.73 Å². The Morgan fingerprint density at radius 2 is 2.06 bits per heavy atom. The Hall–Kier alpha value is -0.930. The molecule has 2 atom stereocenters. The number of benzene rings is 1. The molecule has 100 valence electrons. The number of hydrogen-bond acceptors (Lipinski definition) is 2. The summed E-state index contributed by atoms with van der Waals surface area (Å²) < 4.78 is 13.0. The average Bonchev–Trinajstić information content (AvgIpc) is 2.42. The maximum absolute atomic E-state index is 13.0. The van der Waals surface area contributed by atoms with E-state index in [2.05, 4.69) is 11.8 Å². The van der Waals surface area contributed by atoms with Crippen LogP contribution in [-0.4, -0.2) is 24.0 Å². The maximum atomic E-state index is 13.0. The van der Waals surface area contributed by atoms with E-state index in [0.717, 1.165) is 19.5 Å². The zero-order valence-corrected chi connectivity index (χ0v) is 11.1. The van der Waals surface area contributed by atoms with Gasteiger partial charge in [-0.2, -0.15) is 0 Å². The molecule has 1 aromatic carbocycles. The van der Waals surface area contributed by atoms with Gasteiger partial charge in [-0.05, 0) is 43.5 Å². The Bertz CT molecular complexity index is 363. The maximum Gasteiger partial charge on any atom is 0.123 e. The van der Waals surface area contributed by atoms with Gasteiger partial charge in [0, 0.05) is 18.6 Å². The summed E-state index contributed by atoms with van der Waals surface area (Å²) in [5.74, 6) is -0.164. The molecule has 0 aliphatic carbocycles. The topological polar surface area (TPSA) is 29.3 Å². The third-order valence-corrected chi connectivity index (χ3v) is 3.99. The van der Waals surface area contributed by atoms with Crippen molar-refractivity contribution in [1.82, 2.24) is 4.90 Å². The van der Waals surface area contributed by atoms with Crippen LogP contribution in [0.15, 0.2) is 24.3 Å². The molecule has 1 aromatic rings. The van der Waals surface area contributed by atoms with Crippen molar-refractivity contribution in [2.45, 2.75) is 44.7 Å². The van der Waals surface area contributed by atoms with Crippen LogP contribution in [0.2, 0.25) is 0 Å². The second-order valence-corrected chi connectivity index (χ2v) is 5.10. The number of piperidine rings is 1. The molecule has 0 aromatic heterocycles. The average molecular weight is 250 g/mol. The van der Waals surface area contributed by atoms with Gasteiger partial charge in [0.2, 0.25) is 0 Å². The highest BCUT2D eigenvalue weighted by atomic mass is 19.1. The van der Waals surface area contributed by atoms with Gasteiger partial charge in [-0.25, -0.2) is 4.39 Å². The first-order valence-electron chi connectivity index (χ1n) is 6.97. The Balaban J connectivity index is 2.18. The molecular weight excluding hydrogens is 227 g/mol. The smallest absolute Gasteiger partial charge is 0.123 e. The molecule has 0 bridgehead atoms. The highest BCUT2D eigenvalue weighted by Gasteiger charge is 2.27. The Kier molecular flexibility index (Phi) is 4.72. The van der Waals surface area contributed by atoms with Gasteiger partial charge in [0.25, 0.3) is 0 Å². The first-order valence-corrected chi connectivity index (χ1v) is 6.97. The van der Waals surface area contributed by atoms with Gasteiger partial charge in [-0.15, -0.1) is 0 Å². The minimum atomic E-state index is -0.164. The molecule has 0 saturated carbocycles. The van der Waals surface area contributed by atoms with Gasteiger partial charge in [-0.1, -0.05) is 25.5 Å². The number of rotatable bonds is 4. The molecule has 2 rings (SSSR count). The van der Waals surface area contributed by atoms with Crippen LogP contribution in [0.4, 0.5) is 4.39 Å². The lowest BCUT2D eigenvalue weighted by Gasteiger charge is -2.40. The van der Waals surface area contributed by atoms with Gasteiger partial charge >= 0.3 is 0 Å². The van der Waals surface area contributed by atoms with E-state index in [0.29, 0.717) is 12.1 Å². The van der Waals surface area contributed by atoms with Crippen molar-refractivity contribution >= 4 is 0 Å². The van der Waals surface area contributed by atoms with E-state index >= 15 is 0 Å². The number of nitrogens with zero attached hydrogens (tertiary/aromatic N) is 1. The van der Waals surface area contributed by atoms with Crippen LogP contribution in [0, 0.1) is 5.82 Å². The first-order chi connectivity index (χ1) is 8.76. The van der Waals surface area contributed by atoms with Gasteiger partial charge in [0.05, 0.1) is 0 Å². The van der Waals surface area contributed by atoms with Crippen molar-refractivity contribution in [3.63, 3.8) is 0 Å². The van der Waals surface area contributed by atoms with Crippen LogP contribution in [-0.2, 0) is 0 Å². The highest BCUT2D eigenvalue weighted by molar-refractivity contribution is 5.20. The van der Waals surface area contributed by atoms with E-state index < -0.39 is 0 Å². The van der Waals surface area contributed by atoms with Gasteiger partial charge in [-0.3, -0.25) is 4.90 Å². The van der Waals surface area contributed by atoms with E-state index in [-0.39, 0.29) is 5.82 Å². The monoisotopic (exact) mass is 250 g/mol. The lowest BCUT2D eigenvalue weighted by molar-refractivity contribution is 0.0959. The largest absolute Gasteiger partial charge is 0.329 e. The Morgan fingerprint density at radius 1 is 1.33 bits per heavy atom. The van der Waals surface area contributed by atoms with E-state index in [4.69, 9.17) is 5.73 Å². The number of hydrogen-bond donors (Lipinski definition) is 1. The van der Waals surface area contributed by atoms with Gasteiger partial charge in [0.1, 0.15) is 5.82 Å².